The molecule has 0 aliphatic rings. The average molecular weight is 276 g/mol. The van der Waals surface area contributed by atoms with Gasteiger partial charge in [0, 0.05) is 6.54 Å². The summed E-state index contributed by atoms with van der Waals surface area (Å²) in [6, 6.07) is 3.89. The summed E-state index contributed by atoms with van der Waals surface area (Å²) in [6.07, 6.45) is 0.731. The van der Waals surface area contributed by atoms with Gasteiger partial charge in [0.25, 0.3) is 0 Å². The van der Waals surface area contributed by atoms with Gasteiger partial charge in [-0.05, 0) is 48.3 Å². The molecule has 1 aromatic heterocycles. The van der Waals surface area contributed by atoms with E-state index in [9.17, 15) is 5.11 Å². The Morgan fingerprint density at radius 2 is 2.27 bits per heavy atom. The van der Waals surface area contributed by atoms with Crippen LogP contribution < -0.4 is 5.32 Å². The van der Waals surface area contributed by atoms with E-state index >= 15 is 0 Å². The first-order chi connectivity index (χ1) is 6.94. The van der Waals surface area contributed by atoms with Gasteiger partial charge in [-0.1, -0.05) is 6.92 Å². The van der Waals surface area contributed by atoms with Gasteiger partial charge in [-0.2, -0.15) is 0 Å². The van der Waals surface area contributed by atoms with Crippen LogP contribution in [-0.4, -0.2) is 17.3 Å². The molecule has 2 unspecified atom stereocenters. The number of aliphatic hydroxyl groups is 1. The number of hydrogen-bond donors (Lipinski definition) is 2. The summed E-state index contributed by atoms with van der Waals surface area (Å²) in [4.78, 5) is 0. The van der Waals surface area contributed by atoms with Crippen molar-refractivity contribution in [2.45, 2.75) is 38.8 Å². The highest BCUT2D eigenvalue weighted by molar-refractivity contribution is 9.10. The first-order valence-electron chi connectivity index (χ1n) is 5.15. The molecule has 86 valence electrons. The Morgan fingerprint density at radius 3 is 2.73 bits per heavy atom. The Morgan fingerprint density at radius 1 is 1.60 bits per heavy atom. The maximum Gasteiger partial charge on any atom is 0.169 e. The van der Waals surface area contributed by atoms with E-state index in [0.29, 0.717) is 6.54 Å². The molecule has 0 aliphatic carbocycles. The second-order valence-corrected chi connectivity index (χ2v) is 4.88. The SMILES string of the molecule is CCC(C)(O)CNC(C)c1ccc(Br)o1. The molecule has 4 heteroatoms. The van der Waals surface area contributed by atoms with Gasteiger partial charge in [-0.3, -0.25) is 0 Å². The highest BCUT2D eigenvalue weighted by Crippen LogP contribution is 2.20. The van der Waals surface area contributed by atoms with Crippen molar-refractivity contribution < 1.29 is 9.52 Å². The van der Waals surface area contributed by atoms with Crippen molar-refractivity contribution in [2.24, 2.45) is 0 Å². The Labute approximate surface area is 99.0 Å². The molecule has 15 heavy (non-hydrogen) atoms. The predicted octanol–water partition coefficient (Wildman–Crippen LogP) is 2.85. The Hall–Kier alpha value is -0.320. The molecule has 0 bridgehead atoms. The van der Waals surface area contributed by atoms with E-state index in [4.69, 9.17) is 4.42 Å². The zero-order chi connectivity index (χ0) is 11.5. The lowest BCUT2D eigenvalue weighted by Gasteiger charge is -2.23. The van der Waals surface area contributed by atoms with Crippen molar-refractivity contribution in [1.82, 2.24) is 5.32 Å². The molecular weight excluding hydrogens is 258 g/mol. The lowest BCUT2D eigenvalue weighted by Crippen LogP contribution is -2.38. The number of nitrogens with one attached hydrogen (secondary N) is 1. The summed E-state index contributed by atoms with van der Waals surface area (Å²) < 4.78 is 6.15. The van der Waals surface area contributed by atoms with Crippen molar-refractivity contribution in [2.75, 3.05) is 6.54 Å². The summed E-state index contributed by atoms with van der Waals surface area (Å²) >= 11 is 3.26. The molecule has 1 rings (SSSR count). The molecule has 3 nitrogen and oxygen atoms in total. The van der Waals surface area contributed by atoms with E-state index in [2.05, 4.69) is 21.2 Å². The molecule has 0 spiro atoms. The Balaban J connectivity index is 2.46. The molecule has 0 fully saturated rings. The van der Waals surface area contributed by atoms with Crippen LogP contribution in [0.2, 0.25) is 0 Å². The topological polar surface area (TPSA) is 45.4 Å². The largest absolute Gasteiger partial charge is 0.453 e. The fraction of sp³-hybridized carbons (Fsp3) is 0.636. The number of hydrogen-bond acceptors (Lipinski definition) is 3. The van der Waals surface area contributed by atoms with Gasteiger partial charge in [0.1, 0.15) is 5.76 Å². The lowest BCUT2D eigenvalue weighted by atomic mass is 10.0. The molecule has 0 saturated heterocycles. The molecular formula is C11H18BrNO2. The first-order valence-corrected chi connectivity index (χ1v) is 5.95. The van der Waals surface area contributed by atoms with Gasteiger partial charge in [-0.25, -0.2) is 0 Å². The lowest BCUT2D eigenvalue weighted by molar-refractivity contribution is 0.0526. The average Bonchev–Trinajstić information content (AvgIpc) is 2.61. The van der Waals surface area contributed by atoms with E-state index in [0.717, 1.165) is 16.9 Å². The minimum absolute atomic E-state index is 0.106. The minimum Gasteiger partial charge on any atom is -0.453 e. The summed E-state index contributed by atoms with van der Waals surface area (Å²) in [5.41, 5.74) is -0.655. The summed E-state index contributed by atoms with van der Waals surface area (Å²) in [5, 5.41) is 13.1. The maximum atomic E-state index is 9.82. The Bertz CT molecular complexity index is 309. The van der Waals surface area contributed by atoms with E-state index < -0.39 is 5.60 Å². The van der Waals surface area contributed by atoms with Crippen LogP contribution in [0.1, 0.15) is 39.0 Å². The summed E-state index contributed by atoms with van der Waals surface area (Å²) in [6.45, 7) is 6.36. The van der Waals surface area contributed by atoms with E-state index in [1.54, 1.807) is 0 Å². The number of rotatable bonds is 5. The summed E-state index contributed by atoms with van der Waals surface area (Å²) in [7, 11) is 0. The van der Waals surface area contributed by atoms with Crippen LogP contribution in [0.4, 0.5) is 0 Å². The van der Waals surface area contributed by atoms with Crippen molar-refractivity contribution in [3.8, 4) is 0 Å². The number of halogens is 1. The molecule has 0 aliphatic heterocycles. The highest BCUT2D eigenvalue weighted by Gasteiger charge is 2.19. The van der Waals surface area contributed by atoms with Crippen LogP contribution in [-0.2, 0) is 0 Å². The van der Waals surface area contributed by atoms with Crippen molar-refractivity contribution in [1.29, 1.82) is 0 Å². The minimum atomic E-state index is -0.655. The predicted molar refractivity (Wildman–Crippen MR) is 63.7 cm³/mol. The molecule has 1 aromatic rings. The molecule has 2 atom stereocenters. The number of furan rings is 1. The zero-order valence-electron chi connectivity index (χ0n) is 9.38. The van der Waals surface area contributed by atoms with Crippen LogP contribution >= 0.6 is 15.9 Å². The van der Waals surface area contributed by atoms with Crippen LogP contribution in [0.5, 0.6) is 0 Å². The third-order valence-corrected chi connectivity index (χ3v) is 3.00. The van der Waals surface area contributed by atoms with Gasteiger partial charge < -0.3 is 14.8 Å². The second-order valence-electron chi connectivity index (χ2n) is 4.09. The monoisotopic (exact) mass is 275 g/mol. The van der Waals surface area contributed by atoms with Crippen LogP contribution in [0.15, 0.2) is 21.2 Å². The van der Waals surface area contributed by atoms with Crippen LogP contribution in [0, 0.1) is 0 Å². The van der Waals surface area contributed by atoms with E-state index in [-0.39, 0.29) is 6.04 Å². The van der Waals surface area contributed by atoms with Crippen LogP contribution in [0.3, 0.4) is 0 Å². The molecule has 0 saturated carbocycles. The van der Waals surface area contributed by atoms with Gasteiger partial charge in [0.15, 0.2) is 4.67 Å². The third-order valence-electron chi connectivity index (χ3n) is 2.57. The normalized spacial score (nSPS) is 17.4. The maximum absolute atomic E-state index is 9.82. The van der Waals surface area contributed by atoms with Crippen molar-refractivity contribution in [3.63, 3.8) is 0 Å². The molecule has 2 N–H and O–H groups in total. The quantitative estimate of drug-likeness (QED) is 0.869. The fourth-order valence-corrected chi connectivity index (χ4v) is 1.48. The van der Waals surface area contributed by atoms with Gasteiger partial charge in [0.2, 0.25) is 0 Å². The van der Waals surface area contributed by atoms with Gasteiger partial charge in [-0.15, -0.1) is 0 Å². The van der Waals surface area contributed by atoms with E-state index in [1.807, 2.05) is 32.9 Å². The molecule has 0 radical (unpaired) electrons. The summed E-state index contributed by atoms with van der Waals surface area (Å²) in [5.74, 6) is 0.869. The van der Waals surface area contributed by atoms with E-state index in [1.165, 1.54) is 0 Å². The highest BCUT2D eigenvalue weighted by atomic mass is 79.9. The zero-order valence-corrected chi connectivity index (χ0v) is 11.0. The van der Waals surface area contributed by atoms with Crippen molar-refractivity contribution in [3.05, 3.63) is 22.6 Å². The van der Waals surface area contributed by atoms with Crippen molar-refractivity contribution >= 4 is 15.9 Å². The smallest absolute Gasteiger partial charge is 0.169 e. The first kappa shape index (κ1) is 12.7. The molecule has 1 heterocycles. The molecule has 0 aromatic carbocycles. The Kier molecular flexibility index (Phi) is 4.37. The fourth-order valence-electron chi connectivity index (χ4n) is 1.16. The van der Waals surface area contributed by atoms with Crippen LogP contribution in [0.25, 0.3) is 0 Å². The third kappa shape index (κ3) is 3.97. The molecule has 0 amide bonds. The second kappa shape index (κ2) is 5.14. The van der Waals surface area contributed by atoms with Gasteiger partial charge in [0.05, 0.1) is 11.6 Å². The van der Waals surface area contributed by atoms with Gasteiger partial charge >= 0.3 is 0 Å². The standard InChI is InChI=1S/C11H18BrNO2/c1-4-11(3,14)7-13-8(2)9-5-6-10(12)15-9/h5-6,8,13-14H,4,7H2,1-3H3.